The molecule has 4 rings (SSSR count). The van der Waals surface area contributed by atoms with Gasteiger partial charge in [0.25, 0.3) is 5.91 Å². The Kier molecular flexibility index (Phi) is 4.42. The number of fused-ring (bicyclic) bond motifs is 1. The lowest BCUT2D eigenvalue weighted by Gasteiger charge is -2.37. The Morgan fingerprint density at radius 3 is 2.92 bits per heavy atom. The van der Waals surface area contributed by atoms with Gasteiger partial charge in [-0.05, 0) is 30.9 Å². The first-order chi connectivity index (χ1) is 12.5. The van der Waals surface area contributed by atoms with E-state index in [2.05, 4.69) is 5.32 Å². The number of rotatable bonds is 2. The van der Waals surface area contributed by atoms with Gasteiger partial charge in [0.15, 0.2) is 0 Å². The van der Waals surface area contributed by atoms with Crippen LogP contribution in [0.2, 0.25) is 0 Å². The van der Waals surface area contributed by atoms with Gasteiger partial charge in [0, 0.05) is 17.2 Å². The summed E-state index contributed by atoms with van der Waals surface area (Å²) in [6.45, 7) is 2.41. The molecule has 1 spiro atoms. The average molecular weight is 373 g/mol. The molecule has 1 saturated carbocycles. The number of carbonyl (C=O) groups excluding carboxylic acids is 3. The molecule has 4 amide bonds. The van der Waals surface area contributed by atoms with E-state index in [4.69, 9.17) is 0 Å². The Morgan fingerprint density at radius 1 is 1.31 bits per heavy atom. The van der Waals surface area contributed by atoms with Crippen LogP contribution < -0.4 is 10.2 Å². The summed E-state index contributed by atoms with van der Waals surface area (Å²) in [6, 6.07) is 7.32. The van der Waals surface area contributed by atoms with E-state index in [-0.39, 0.29) is 24.3 Å². The van der Waals surface area contributed by atoms with Crippen LogP contribution in [0.4, 0.5) is 10.5 Å². The number of carbonyl (C=O) groups is 3. The van der Waals surface area contributed by atoms with Crippen LogP contribution in [0.15, 0.2) is 29.2 Å². The minimum absolute atomic E-state index is 0.0971. The van der Waals surface area contributed by atoms with Crippen LogP contribution in [0.3, 0.4) is 0 Å². The van der Waals surface area contributed by atoms with Crippen molar-refractivity contribution in [1.29, 1.82) is 0 Å². The molecule has 2 fully saturated rings. The van der Waals surface area contributed by atoms with Crippen molar-refractivity contribution in [2.75, 3.05) is 23.7 Å². The van der Waals surface area contributed by atoms with Crippen LogP contribution in [0.1, 0.15) is 32.6 Å². The number of nitrogens with one attached hydrogen (secondary N) is 1. The van der Waals surface area contributed by atoms with Crippen LogP contribution in [-0.2, 0) is 9.59 Å². The Balaban J connectivity index is 1.54. The predicted molar refractivity (Wildman–Crippen MR) is 100 cm³/mol. The minimum Gasteiger partial charge on any atom is -0.323 e. The van der Waals surface area contributed by atoms with Crippen LogP contribution in [0.25, 0.3) is 0 Å². The van der Waals surface area contributed by atoms with E-state index in [9.17, 15) is 14.4 Å². The highest BCUT2D eigenvalue weighted by atomic mass is 32.2. The van der Waals surface area contributed by atoms with Crippen molar-refractivity contribution in [2.24, 2.45) is 5.92 Å². The number of nitrogens with zero attached hydrogens (tertiary/aromatic N) is 2. The first-order valence-corrected chi connectivity index (χ1v) is 10.2. The number of anilines is 1. The SMILES string of the molecule is CC1CCCCC12NC(=O)N(CC(=O)N1CCSc3ccccc31)C2=O. The van der Waals surface area contributed by atoms with E-state index < -0.39 is 11.6 Å². The second-order valence-electron chi connectivity index (χ2n) is 7.30. The highest BCUT2D eigenvalue weighted by molar-refractivity contribution is 7.99. The van der Waals surface area contributed by atoms with Crippen molar-refractivity contribution in [3.63, 3.8) is 0 Å². The molecule has 138 valence electrons. The highest BCUT2D eigenvalue weighted by Gasteiger charge is 2.55. The van der Waals surface area contributed by atoms with Gasteiger partial charge in [-0.1, -0.05) is 31.9 Å². The molecule has 6 nitrogen and oxygen atoms in total. The van der Waals surface area contributed by atoms with Crippen LogP contribution in [0, 0.1) is 5.92 Å². The van der Waals surface area contributed by atoms with Crippen LogP contribution in [-0.4, -0.2) is 47.1 Å². The van der Waals surface area contributed by atoms with Crippen molar-refractivity contribution < 1.29 is 14.4 Å². The highest BCUT2D eigenvalue weighted by Crippen LogP contribution is 2.38. The van der Waals surface area contributed by atoms with E-state index in [1.165, 1.54) is 0 Å². The van der Waals surface area contributed by atoms with E-state index in [0.29, 0.717) is 13.0 Å². The standard InChI is InChI=1S/C19H23N3O3S/c1-13-6-4-5-9-19(13)17(24)22(18(25)20-19)12-16(23)21-10-11-26-15-8-3-2-7-14(15)21/h2-3,7-8,13H,4-6,9-12H2,1H3,(H,20,25). The Hall–Kier alpha value is -2.02. The smallest absolute Gasteiger partial charge is 0.323 e. The number of hydrogen-bond acceptors (Lipinski definition) is 4. The second-order valence-corrected chi connectivity index (χ2v) is 8.44. The van der Waals surface area contributed by atoms with Crippen LogP contribution >= 0.6 is 11.8 Å². The number of imide groups is 1. The molecular formula is C19H23N3O3S. The molecule has 2 atom stereocenters. The zero-order valence-corrected chi connectivity index (χ0v) is 15.7. The van der Waals surface area contributed by atoms with Crippen molar-refractivity contribution in [1.82, 2.24) is 10.2 Å². The lowest BCUT2D eigenvalue weighted by Crippen LogP contribution is -2.54. The average Bonchev–Trinajstić information content (AvgIpc) is 2.88. The summed E-state index contributed by atoms with van der Waals surface area (Å²) in [4.78, 5) is 42.3. The fraction of sp³-hybridized carbons (Fsp3) is 0.526. The third-order valence-electron chi connectivity index (χ3n) is 5.82. The molecule has 7 heteroatoms. The molecule has 3 aliphatic rings. The van der Waals surface area contributed by atoms with Crippen molar-refractivity contribution >= 4 is 35.3 Å². The molecule has 1 N–H and O–H groups in total. The summed E-state index contributed by atoms with van der Waals surface area (Å²) in [5.41, 5.74) is 0.0483. The largest absolute Gasteiger partial charge is 0.325 e. The van der Waals surface area contributed by atoms with Gasteiger partial charge in [-0.3, -0.25) is 14.5 Å². The summed E-state index contributed by atoms with van der Waals surface area (Å²) < 4.78 is 0. The van der Waals surface area contributed by atoms with Gasteiger partial charge in [0.2, 0.25) is 5.91 Å². The molecule has 0 aromatic heterocycles. The molecule has 0 bridgehead atoms. The summed E-state index contributed by atoms with van der Waals surface area (Å²) >= 11 is 1.72. The van der Waals surface area contributed by atoms with Crippen molar-refractivity contribution in [3.05, 3.63) is 24.3 Å². The summed E-state index contributed by atoms with van der Waals surface area (Å²) in [6.07, 6.45) is 3.58. The maximum absolute atomic E-state index is 13.0. The lowest BCUT2D eigenvalue weighted by molar-refractivity contribution is -0.136. The number of amides is 4. The van der Waals surface area contributed by atoms with E-state index in [0.717, 1.165) is 40.5 Å². The molecule has 1 saturated heterocycles. The number of thioether (sulfide) groups is 1. The molecule has 2 unspecified atom stereocenters. The van der Waals surface area contributed by atoms with Crippen molar-refractivity contribution in [3.8, 4) is 0 Å². The fourth-order valence-corrected chi connectivity index (χ4v) is 5.28. The van der Waals surface area contributed by atoms with E-state index in [1.807, 2.05) is 31.2 Å². The Bertz CT molecular complexity index is 768. The molecule has 1 aromatic rings. The number of para-hydroxylation sites is 1. The zero-order chi connectivity index (χ0) is 18.3. The molecule has 1 aromatic carbocycles. The first-order valence-electron chi connectivity index (χ1n) is 9.19. The van der Waals surface area contributed by atoms with Gasteiger partial charge in [-0.25, -0.2) is 4.79 Å². The maximum Gasteiger partial charge on any atom is 0.325 e. The molecule has 0 radical (unpaired) electrons. The molecular weight excluding hydrogens is 350 g/mol. The zero-order valence-electron chi connectivity index (χ0n) is 14.9. The number of urea groups is 1. The normalized spacial score (nSPS) is 28.3. The Morgan fingerprint density at radius 2 is 2.12 bits per heavy atom. The topological polar surface area (TPSA) is 69.7 Å². The third kappa shape index (κ3) is 2.69. The van der Waals surface area contributed by atoms with E-state index >= 15 is 0 Å². The van der Waals surface area contributed by atoms with Crippen molar-refractivity contribution in [2.45, 2.75) is 43.0 Å². The predicted octanol–water partition coefficient (Wildman–Crippen LogP) is 2.63. The molecule has 2 aliphatic heterocycles. The fourth-order valence-electron chi connectivity index (χ4n) is 4.29. The minimum atomic E-state index is -0.814. The Labute approximate surface area is 157 Å². The summed E-state index contributed by atoms with van der Waals surface area (Å²) in [5.74, 6) is 0.466. The lowest BCUT2D eigenvalue weighted by atomic mass is 9.73. The maximum atomic E-state index is 13.0. The number of hydrogen-bond donors (Lipinski definition) is 1. The second kappa shape index (κ2) is 6.61. The van der Waals surface area contributed by atoms with Gasteiger partial charge in [0.1, 0.15) is 12.1 Å². The molecule has 2 heterocycles. The van der Waals surface area contributed by atoms with E-state index in [1.54, 1.807) is 16.7 Å². The quantitative estimate of drug-likeness (QED) is 0.809. The summed E-state index contributed by atoms with van der Waals surface area (Å²) in [7, 11) is 0. The van der Waals surface area contributed by atoms with Gasteiger partial charge < -0.3 is 10.2 Å². The first kappa shape index (κ1) is 17.4. The monoisotopic (exact) mass is 373 g/mol. The van der Waals surface area contributed by atoms with Crippen LogP contribution in [0.5, 0.6) is 0 Å². The molecule has 26 heavy (non-hydrogen) atoms. The number of benzene rings is 1. The van der Waals surface area contributed by atoms with Gasteiger partial charge in [-0.15, -0.1) is 11.8 Å². The van der Waals surface area contributed by atoms with Gasteiger partial charge >= 0.3 is 6.03 Å². The third-order valence-corrected chi connectivity index (χ3v) is 6.87. The van der Waals surface area contributed by atoms with Gasteiger partial charge in [-0.2, -0.15) is 0 Å². The summed E-state index contributed by atoms with van der Waals surface area (Å²) in [5, 5.41) is 2.91. The van der Waals surface area contributed by atoms with Gasteiger partial charge in [0.05, 0.1) is 5.69 Å². The molecule has 1 aliphatic carbocycles.